The van der Waals surface area contributed by atoms with Crippen LogP contribution in [0.2, 0.25) is 0 Å². The second-order valence-electron chi connectivity index (χ2n) is 5.78. The number of hydrogen-bond acceptors (Lipinski definition) is 3. The van der Waals surface area contributed by atoms with Gasteiger partial charge < -0.3 is 10.4 Å². The molecular weight excluding hydrogens is 236 g/mol. The van der Waals surface area contributed by atoms with Crippen LogP contribution in [-0.2, 0) is 6.54 Å². The maximum atomic E-state index is 8.85. The monoisotopic (exact) mass is 262 g/mol. The largest absolute Gasteiger partial charge is 0.395 e. The highest BCUT2D eigenvalue weighted by Gasteiger charge is 2.22. The molecule has 0 spiro atoms. The number of aliphatic hydroxyl groups excluding tert-OH is 1. The maximum absolute atomic E-state index is 8.85. The number of likely N-dealkylation sites (tertiary alicyclic amines) is 1. The second-order valence-corrected chi connectivity index (χ2v) is 5.78. The fourth-order valence-electron chi connectivity index (χ4n) is 3.09. The summed E-state index contributed by atoms with van der Waals surface area (Å²) in [5, 5.41) is 12.2. The van der Waals surface area contributed by atoms with Crippen molar-refractivity contribution in [3.63, 3.8) is 0 Å². The number of aliphatic hydroxyl groups is 1. The smallest absolute Gasteiger partial charge is 0.0556 e. The summed E-state index contributed by atoms with van der Waals surface area (Å²) in [5.41, 5.74) is 5.64. The van der Waals surface area contributed by atoms with E-state index >= 15 is 0 Å². The van der Waals surface area contributed by atoms with E-state index in [1.54, 1.807) is 0 Å². The average Bonchev–Trinajstić information content (AvgIpc) is 2.79. The van der Waals surface area contributed by atoms with Crippen LogP contribution in [0, 0.1) is 20.8 Å². The predicted molar refractivity (Wildman–Crippen MR) is 79.4 cm³/mol. The van der Waals surface area contributed by atoms with E-state index in [-0.39, 0.29) is 6.61 Å². The van der Waals surface area contributed by atoms with Crippen molar-refractivity contribution in [3.05, 3.63) is 34.4 Å². The zero-order valence-corrected chi connectivity index (χ0v) is 12.4. The molecule has 1 fully saturated rings. The quantitative estimate of drug-likeness (QED) is 0.849. The molecule has 2 N–H and O–H groups in total. The van der Waals surface area contributed by atoms with E-state index in [4.69, 9.17) is 5.11 Å². The molecule has 1 aromatic carbocycles. The zero-order valence-electron chi connectivity index (χ0n) is 12.4. The first-order valence-electron chi connectivity index (χ1n) is 7.23. The molecule has 1 saturated heterocycles. The Bertz CT molecular complexity index is 408. The maximum Gasteiger partial charge on any atom is 0.0556 e. The summed E-state index contributed by atoms with van der Waals surface area (Å²) in [4.78, 5) is 2.51. The molecule has 0 radical (unpaired) electrons. The van der Waals surface area contributed by atoms with E-state index < -0.39 is 0 Å². The highest BCUT2D eigenvalue weighted by molar-refractivity contribution is 5.37. The highest BCUT2D eigenvalue weighted by atomic mass is 16.3. The number of nitrogens with zero attached hydrogens (tertiary/aromatic N) is 1. The van der Waals surface area contributed by atoms with E-state index in [9.17, 15) is 0 Å². The van der Waals surface area contributed by atoms with Gasteiger partial charge in [0.1, 0.15) is 0 Å². The minimum atomic E-state index is 0.229. The minimum Gasteiger partial charge on any atom is -0.395 e. The van der Waals surface area contributed by atoms with Crippen molar-refractivity contribution in [3.8, 4) is 0 Å². The van der Waals surface area contributed by atoms with Gasteiger partial charge in [-0.15, -0.1) is 0 Å². The van der Waals surface area contributed by atoms with Gasteiger partial charge in [-0.25, -0.2) is 0 Å². The van der Waals surface area contributed by atoms with Gasteiger partial charge >= 0.3 is 0 Å². The molecule has 1 heterocycles. The Morgan fingerprint density at radius 2 is 1.95 bits per heavy atom. The van der Waals surface area contributed by atoms with Crippen LogP contribution in [0.5, 0.6) is 0 Å². The molecule has 3 nitrogen and oxygen atoms in total. The van der Waals surface area contributed by atoms with Crippen molar-refractivity contribution in [2.45, 2.75) is 39.8 Å². The SMILES string of the molecule is Cc1cc(C)c(CN2CCC(NCCO)C2)c(C)c1. The van der Waals surface area contributed by atoms with Gasteiger partial charge in [-0.2, -0.15) is 0 Å². The average molecular weight is 262 g/mol. The lowest BCUT2D eigenvalue weighted by Gasteiger charge is -2.20. The molecule has 106 valence electrons. The van der Waals surface area contributed by atoms with Gasteiger partial charge in [0.2, 0.25) is 0 Å². The van der Waals surface area contributed by atoms with Gasteiger partial charge in [0, 0.05) is 32.2 Å². The molecule has 0 aromatic heterocycles. The van der Waals surface area contributed by atoms with Crippen LogP contribution in [0.1, 0.15) is 28.7 Å². The van der Waals surface area contributed by atoms with Crippen molar-refractivity contribution < 1.29 is 5.11 Å². The van der Waals surface area contributed by atoms with Crippen molar-refractivity contribution in [2.75, 3.05) is 26.2 Å². The van der Waals surface area contributed by atoms with Gasteiger partial charge in [-0.1, -0.05) is 17.7 Å². The van der Waals surface area contributed by atoms with E-state index in [1.165, 1.54) is 28.7 Å². The van der Waals surface area contributed by atoms with Gasteiger partial charge in [0.05, 0.1) is 6.61 Å². The lowest BCUT2D eigenvalue weighted by atomic mass is 9.99. The standard InChI is InChI=1S/C16H26N2O/c1-12-8-13(2)16(14(3)9-12)11-18-6-4-15(10-18)17-5-7-19/h8-9,15,17,19H,4-7,10-11H2,1-3H3. The third-order valence-corrected chi connectivity index (χ3v) is 4.04. The predicted octanol–water partition coefficient (Wildman–Crippen LogP) is 1.77. The molecule has 0 saturated carbocycles. The Hall–Kier alpha value is -0.900. The van der Waals surface area contributed by atoms with Crippen molar-refractivity contribution in [2.24, 2.45) is 0 Å². The van der Waals surface area contributed by atoms with E-state index in [2.05, 4.69) is 43.1 Å². The Balaban J connectivity index is 1.96. The molecule has 1 aromatic rings. The zero-order chi connectivity index (χ0) is 13.8. The van der Waals surface area contributed by atoms with E-state index in [0.717, 1.165) is 19.6 Å². The Morgan fingerprint density at radius 3 is 2.58 bits per heavy atom. The fraction of sp³-hybridized carbons (Fsp3) is 0.625. The van der Waals surface area contributed by atoms with E-state index in [0.29, 0.717) is 12.6 Å². The Kier molecular flexibility index (Phi) is 4.97. The Labute approximate surface area is 116 Å². The molecule has 0 bridgehead atoms. The van der Waals surface area contributed by atoms with Crippen molar-refractivity contribution in [1.82, 2.24) is 10.2 Å². The third kappa shape index (κ3) is 3.78. The summed E-state index contributed by atoms with van der Waals surface area (Å²) in [5.74, 6) is 0. The second kappa shape index (κ2) is 6.51. The van der Waals surface area contributed by atoms with Crippen LogP contribution in [0.3, 0.4) is 0 Å². The molecule has 0 aliphatic carbocycles. The van der Waals surface area contributed by atoms with E-state index in [1.807, 2.05) is 0 Å². The summed E-state index contributed by atoms with van der Waals surface area (Å²) < 4.78 is 0. The van der Waals surface area contributed by atoms with Crippen LogP contribution >= 0.6 is 0 Å². The molecule has 2 rings (SSSR count). The molecule has 1 aliphatic rings. The summed E-state index contributed by atoms with van der Waals surface area (Å²) in [6.45, 7) is 10.8. The van der Waals surface area contributed by atoms with Gasteiger partial charge in [0.15, 0.2) is 0 Å². The first-order valence-corrected chi connectivity index (χ1v) is 7.23. The normalized spacial score (nSPS) is 20.1. The molecule has 1 unspecified atom stereocenters. The van der Waals surface area contributed by atoms with Crippen LogP contribution in [-0.4, -0.2) is 42.3 Å². The summed E-state index contributed by atoms with van der Waals surface area (Å²) in [7, 11) is 0. The van der Waals surface area contributed by atoms with Crippen LogP contribution in [0.25, 0.3) is 0 Å². The summed E-state index contributed by atoms with van der Waals surface area (Å²) >= 11 is 0. The summed E-state index contributed by atoms with van der Waals surface area (Å²) in [6, 6.07) is 5.10. The first kappa shape index (κ1) is 14.5. The molecule has 1 atom stereocenters. The fourth-order valence-corrected chi connectivity index (χ4v) is 3.09. The van der Waals surface area contributed by atoms with Crippen molar-refractivity contribution >= 4 is 0 Å². The molecular formula is C16H26N2O. The molecule has 3 heteroatoms. The van der Waals surface area contributed by atoms with Gasteiger partial charge in [-0.05, 0) is 43.9 Å². The highest BCUT2D eigenvalue weighted by Crippen LogP contribution is 2.20. The van der Waals surface area contributed by atoms with Crippen LogP contribution in [0.15, 0.2) is 12.1 Å². The first-order chi connectivity index (χ1) is 9.10. The molecule has 0 amide bonds. The molecule has 1 aliphatic heterocycles. The number of aryl methyl sites for hydroxylation is 3. The topological polar surface area (TPSA) is 35.5 Å². The number of hydrogen-bond donors (Lipinski definition) is 2. The van der Waals surface area contributed by atoms with Crippen LogP contribution in [0.4, 0.5) is 0 Å². The number of benzene rings is 1. The van der Waals surface area contributed by atoms with Gasteiger partial charge in [-0.3, -0.25) is 4.90 Å². The van der Waals surface area contributed by atoms with Gasteiger partial charge in [0.25, 0.3) is 0 Å². The lowest BCUT2D eigenvalue weighted by molar-refractivity contribution is 0.278. The summed E-state index contributed by atoms with van der Waals surface area (Å²) in [6.07, 6.45) is 1.18. The van der Waals surface area contributed by atoms with Crippen molar-refractivity contribution in [1.29, 1.82) is 0 Å². The van der Waals surface area contributed by atoms with Crippen LogP contribution < -0.4 is 5.32 Å². The minimum absolute atomic E-state index is 0.229. The lowest BCUT2D eigenvalue weighted by Crippen LogP contribution is -2.34. The number of rotatable bonds is 5. The third-order valence-electron chi connectivity index (χ3n) is 4.04. The molecule has 19 heavy (non-hydrogen) atoms. The number of nitrogens with one attached hydrogen (secondary N) is 1. The Morgan fingerprint density at radius 1 is 1.26 bits per heavy atom.